The predicted molar refractivity (Wildman–Crippen MR) is 209 cm³/mol. The van der Waals surface area contributed by atoms with Crippen LogP contribution in [0.5, 0.6) is 0 Å². The van der Waals surface area contributed by atoms with E-state index >= 15 is 0 Å². The Balaban J connectivity index is 2.04. The molecule has 0 saturated heterocycles. The SMILES string of the molecule is CCCCC/C=C\C/C=C\CCCCCCCCO[C@H]1C[C@@H](CN(C)C)C[C@H]1OCCCCCCCC/C=C\C/C=C\CCCCC. The van der Waals surface area contributed by atoms with E-state index in [0.717, 1.165) is 45.4 Å². The zero-order valence-electron chi connectivity index (χ0n) is 32.1. The van der Waals surface area contributed by atoms with Crippen molar-refractivity contribution in [1.29, 1.82) is 0 Å². The van der Waals surface area contributed by atoms with Gasteiger partial charge in [0.2, 0.25) is 0 Å². The van der Waals surface area contributed by atoms with Gasteiger partial charge in [0.15, 0.2) is 0 Å². The summed E-state index contributed by atoms with van der Waals surface area (Å²) in [5, 5.41) is 0. The van der Waals surface area contributed by atoms with Gasteiger partial charge in [0.25, 0.3) is 0 Å². The first-order valence-electron chi connectivity index (χ1n) is 20.6. The molecule has 3 atom stereocenters. The van der Waals surface area contributed by atoms with Crippen molar-refractivity contribution in [2.45, 2.75) is 193 Å². The van der Waals surface area contributed by atoms with Gasteiger partial charge in [-0.1, -0.05) is 140 Å². The molecule has 3 nitrogen and oxygen atoms in total. The van der Waals surface area contributed by atoms with Crippen molar-refractivity contribution in [1.82, 2.24) is 4.90 Å². The second-order valence-corrected chi connectivity index (χ2v) is 14.6. The second-order valence-electron chi connectivity index (χ2n) is 14.6. The lowest BCUT2D eigenvalue weighted by Gasteiger charge is -2.21. The van der Waals surface area contributed by atoms with Gasteiger partial charge < -0.3 is 14.4 Å². The van der Waals surface area contributed by atoms with Gasteiger partial charge in [-0.3, -0.25) is 0 Å². The Bertz CT molecular complexity index is 696. The summed E-state index contributed by atoms with van der Waals surface area (Å²) >= 11 is 0. The van der Waals surface area contributed by atoms with Crippen molar-refractivity contribution < 1.29 is 9.47 Å². The Morgan fingerprint density at radius 2 is 0.787 bits per heavy atom. The van der Waals surface area contributed by atoms with E-state index in [-0.39, 0.29) is 0 Å². The predicted octanol–water partition coefficient (Wildman–Crippen LogP) is 13.4. The average Bonchev–Trinajstić information content (AvgIpc) is 3.44. The second kappa shape index (κ2) is 34.7. The molecule has 1 aliphatic carbocycles. The molecule has 47 heavy (non-hydrogen) atoms. The smallest absolute Gasteiger partial charge is 0.0839 e. The molecule has 0 aliphatic heterocycles. The molecule has 0 aromatic rings. The zero-order chi connectivity index (χ0) is 33.9. The van der Waals surface area contributed by atoms with E-state index in [0.29, 0.717) is 18.1 Å². The van der Waals surface area contributed by atoms with Gasteiger partial charge >= 0.3 is 0 Å². The topological polar surface area (TPSA) is 21.7 Å². The molecular formula is C44H81NO2. The summed E-state index contributed by atoms with van der Waals surface area (Å²) in [4.78, 5) is 2.33. The van der Waals surface area contributed by atoms with Crippen molar-refractivity contribution in [3.05, 3.63) is 48.6 Å². The van der Waals surface area contributed by atoms with Crippen molar-refractivity contribution in [3.63, 3.8) is 0 Å². The Labute approximate surface area is 295 Å². The third kappa shape index (κ3) is 29.5. The molecule has 0 unspecified atom stereocenters. The highest BCUT2D eigenvalue weighted by atomic mass is 16.5. The van der Waals surface area contributed by atoms with Crippen molar-refractivity contribution >= 4 is 0 Å². The van der Waals surface area contributed by atoms with Gasteiger partial charge in [-0.25, -0.2) is 0 Å². The molecule has 1 fully saturated rings. The van der Waals surface area contributed by atoms with E-state index in [1.807, 2.05) is 0 Å². The fraction of sp³-hybridized carbons (Fsp3) is 0.818. The van der Waals surface area contributed by atoms with Crippen LogP contribution in [0.4, 0.5) is 0 Å². The Morgan fingerprint density at radius 1 is 0.447 bits per heavy atom. The maximum atomic E-state index is 6.46. The van der Waals surface area contributed by atoms with Crippen LogP contribution in [0, 0.1) is 5.92 Å². The monoisotopic (exact) mass is 656 g/mol. The average molecular weight is 656 g/mol. The van der Waals surface area contributed by atoms with Gasteiger partial charge in [0.1, 0.15) is 0 Å². The van der Waals surface area contributed by atoms with E-state index in [1.165, 1.54) is 141 Å². The van der Waals surface area contributed by atoms with Crippen LogP contribution in [0.3, 0.4) is 0 Å². The molecule has 0 bridgehead atoms. The van der Waals surface area contributed by atoms with Crippen LogP contribution in [0.25, 0.3) is 0 Å². The minimum atomic E-state index is 0.294. The van der Waals surface area contributed by atoms with Crippen LogP contribution in [-0.4, -0.2) is 51.0 Å². The summed E-state index contributed by atoms with van der Waals surface area (Å²) in [7, 11) is 4.39. The number of ether oxygens (including phenoxy) is 2. The summed E-state index contributed by atoms with van der Waals surface area (Å²) in [6.45, 7) is 7.49. The lowest BCUT2D eigenvalue weighted by atomic mass is 10.1. The van der Waals surface area contributed by atoms with Crippen LogP contribution in [-0.2, 0) is 9.47 Å². The number of allylic oxidation sites excluding steroid dienone is 8. The van der Waals surface area contributed by atoms with Crippen LogP contribution >= 0.6 is 0 Å². The highest BCUT2D eigenvalue weighted by molar-refractivity contribution is 4.93. The van der Waals surface area contributed by atoms with Gasteiger partial charge in [0, 0.05) is 19.8 Å². The maximum absolute atomic E-state index is 6.46. The third-order valence-corrected chi connectivity index (χ3v) is 9.52. The molecular weight excluding hydrogens is 574 g/mol. The lowest BCUT2D eigenvalue weighted by Crippen LogP contribution is -2.27. The number of hydrogen-bond donors (Lipinski definition) is 0. The Morgan fingerprint density at radius 3 is 1.15 bits per heavy atom. The largest absolute Gasteiger partial charge is 0.376 e. The summed E-state index contributed by atoms with van der Waals surface area (Å²) < 4.78 is 12.9. The first kappa shape index (κ1) is 43.9. The quantitative estimate of drug-likeness (QED) is 0.0508. The van der Waals surface area contributed by atoms with E-state index in [9.17, 15) is 0 Å². The van der Waals surface area contributed by atoms with Gasteiger partial charge in [-0.2, -0.15) is 0 Å². The molecule has 0 spiro atoms. The number of nitrogens with zero attached hydrogens (tertiary/aromatic N) is 1. The van der Waals surface area contributed by atoms with E-state index in [2.05, 4.69) is 81.5 Å². The van der Waals surface area contributed by atoms with Crippen LogP contribution < -0.4 is 0 Å². The number of rotatable bonds is 34. The molecule has 0 aromatic heterocycles. The summed E-state index contributed by atoms with van der Waals surface area (Å²) in [5.41, 5.74) is 0. The van der Waals surface area contributed by atoms with E-state index in [4.69, 9.17) is 9.47 Å². The summed E-state index contributed by atoms with van der Waals surface area (Å²) in [6, 6.07) is 0. The van der Waals surface area contributed by atoms with Crippen LogP contribution in [0.1, 0.15) is 181 Å². The molecule has 0 N–H and O–H groups in total. The summed E-state index contributed by atoms with van der Waals surface area (Å²) in [6.07, 6.45) is 52.7. The molecule has 0 aromatic carbocycles. The summed E-state index contributed by atoms with van der Waals surface area (Å²) in [5.74, 6) is 0.701. The Hall–Kier alpha value is -1.16. The molecule has 274 valence electrons. The third-order valence-electron chi connectivity index (χ3n) is 9.52. The first-order chi connectivity index (χ1) is 23.2. The Kier molecular flexibility index (Phi) is 32.4. The molecule has 0 heterocycles. The molecule has 0 amide bonds. The van der Waals surface area contributed by atoms with Crippen molar-refractivity contribution in [2.75, 3.05) is 33.9 Å². The number of unbranched alkanes of at least 4 members (excludes halogenated alkanes) is 18. The van der Waals surface area contributed by atoms with Crippen molar-refractivity contribution in [2.24, 2.45) is 5.92 Å². The van der Waals surface area contributed by atoms with Gasteiger partial charge in [0.05, 0.1) is 12.2 Å². The maximum Gasteiger partial charge on any atom is 0.0839 e. The highest BCUT2D eigenvalue weighted by Gasteiger charge is 2.35. The molecule has 1 rings (SSSR count). The lowest BCUT2D eigenvalue weighted by molar-refractivity contribution is -0.0578. The fourth-order valence-electron chi connectivity index (χ4n) is 6.72. The fourth-order valence-corrected chi connectivity index (χ4v) is 6.72. The van der Waals surface area contributed by atoms with Gasteiger partial charge in [-0.15, -0.1) is 0 Å². The minimum Gasteiger partial charge on any atom is -0.376 e. The standard InChI is InChI=1S/C44H81NO2/c1-5-7-9-11-13-15-17-19-21-23-25-27-29-31-33-35-37-46-43-39-42(41-45(3)4)40-44(43)47-38-36-34-32-30-28-26-24-22-20-18-16-14-12-10-8-6-2/h13-16,19-22,42-44H,5-12,17-18,23-41H2,1-4H3/b15-13-,16-14-,21-19-,22-20-/t42-,43+,44-. The molecule has 1 aliphatic rings. The van der Waals surface area contributed by atoms with E-state index in [1.54, 1.807) is 0 Å². The molecule has 0 radical (unpaired) electrons. The zero-order valence-corrected chi connectivity index (χ0v) is 32.1. The molecule has 3 heteroatoms. The first-order valence-corrected chi connectivity index (χ1v) is 20.6. The van der Waals surface area contributed by atoms with Gasteiger partial charge in [-0.05, 0) is 110 Å². The normalized spacial score (nSPS) is 18.9. The van der Waals surface area contributed by atoms with Crippen molar-refractivity contribution in [3.8, 4) is 0 Å². The van der Waals surface area contributed by atoms with Crippen LogP contribution in [0.2, 0.25) is 0 Å². The number of hydrogen-bond acceptors (Lipinski definition) is 3. The highest BCUT2D eigenvalue weighted by Crippen LogP contribution is 2.31. The minimum absolute atomic E-state index is 0.294. The molecule has 1 saturated carbocycles. The van der Waals surface area contributed by atoms with Crippen LogP contribution in [0.15, 0.2) is 48.6 Å². The van der Waals surface area contributed by atoms with E-state index < -0.39 is 0 Å².